The summed E-state index contributed by atoms with van der Waals surface area (Å²) >= 11 is 4.01. The molecule has 0 saturated carbocycles. The third-order valence-electron chi connectivity index (χ3n) is 1.01. The van der Waals surface area contributed by atoms with E-state index in [0.29, 0.717) is 6.61 Å². The Bertz CT molecular complexity index is 32.2. The summed E-state index contributed by atoms with van der Waals surface area (Å²) in [4.78, 5) is 0. The van der Waals surface area contributed by atoms with Gasteiger partial charge in [-0.3, -0.25) is 0 Å². The van der Waals surface area contributed by atoms with Gasteiger partial charge in [-0.1, -0.05) is 26.2 Å². The average molecular weight is 253 g/mol. The molecule has 3 heteroatoms. The van der Waals surface area contributed by atoms with Gasteiger partial charge in [-0.2, -0.15) is 0 Å². The van der Waals surface area contributed by atoms with E-state index in [4.69, 9.17) is 5.11 Å². The first-order chi connectivity index (χ1) is 4.41. The summed E-state index contributed by atoms with van der Waals surface area (Å²) in [6.45, 7) is 2.53. The number of hydrogen-bond acceptors (Lipinski definition) is 1. The molecule has 0 amide bonds. The van der Waals surface area contributed by atoms with Gasteiger partial charge in [-0.15, -0.1) is 0 Å². The fourth-order valence-corrected chi connectivity index (χ4v) is 0.539. The van der Waals surface area contributed by atoms with Crippen molar-refractivity contribution in [3.8, 4) is 0 Å². The third kappa shape index (κ3) is 17.7. The summed E-state index contributed by atoms with van der Waals surface area (Å²) in [5.41, 5.74) is 0. The van der Waals surface area contributed by atoms with Gasteiger partial charge in [0, 0.05) is 6.61 Å². The second-order valence-electron chi connectivity index (χ2n) is 1.78. The molecule has 1 nitrogen and oxygen atoms in total. The van der Waals surface area contributed by atoms with Gasteiger partial charge in [-0.25, -0.2) is 0 Å². The minimum Gasteiger partial charge on any atom is -0.396 e. The van der Waals surface area contributed by atoms with Gasteiger partial charge in [0.25, 0.3) is 0 Å². The molecule has 9 heavy (non-hydrogen) atoms. The van der Waals surface area contributed by atoms with E-state index in [1.807, 2.05) is 17.8 Å². The van der Waals surface area contributed by atoms with Crippen molar-refractivity contribution in [1.82, 2.24) is 0 Å². The SMILES string of the molecule is CCCCCCO.[Mg+2][I]. The summed E-state index contributed by atoms with van der Waals surface area (Å²) in [5.74, 6) is 0. The maximum absolute atomic E-state index is 8.29. The Morgan fingerprint density at radius 3 is 2.11 bits per heavy atom. The van der Waals surface area contributed by atoms with Crippen LogP contribution < -0.4 is 0 Å². The summed E-state index contributed by atoms with van der Waals surface area (Å²) in [7, 11) is 0. The van der Waals surface area contributed by atoms with Crippen LogP contribution in [0.15, 0.2) is 0 Å². The first kappa shape index (κ1) is 13.1. The van der Waals surface area contributed by atoms with Gasteiger partial charge in [0.1, 0.15) is 0 Å². The molecule has 0 bridgehead atoms. The Morgan fingerprint density at radius 1 is 1.22 bits per heavy atom. The maximum atomic E-state index is 8.29. The molecule has 0 spiro atoms. The summed E-state index contributed by atoms with van der Waals surface area (Å²) < 4.78 is 0. The fourth-order valence-electron chi connectivity index (χ4n) is 0.539. The topological polar surface area (TPSA) is 20.2 Å². The number of halogens is 1. The summed E-state index contributed by atoms with van der Waals surface area (Å²) in [6, 6.07) is 0. The van der Waals surface area contributed by atoms with Crippen LogP contribution in [0.3, 0.4) is 0 Å². The number of aliphatic hydroxyl groups excluding tert-OH is 1. The Morgan fingerprint density at radius 2 is 1.78 bits per heavy atom. The highest BCUT2D eigenvalue weighted by Gasteiger charge is 2.12. The molecular weight excluding hydrogens is 239 g/mol. The third-order valence-corrected chi connectivity index (χ3v) is 1.01. The van der Waals surface area contributed by atoms with Gasteiger partial charge < -0.3 is 5.11 Å². The molecule has 51 valence electrons. The largest absolute Gasteiger partial charge is 1.49 e. The van der Waals surface area contributed by atoms with E-state index in [1.165, 1.54) is 19.3 Å². The van der Waals surface area contributed by atoms with Crippen LogP contribution in [0.4, 0.5) is 0 Å². The molecule has 0 atom stereocenters. The van der Waals surface area contributed by atoms with E-state index in [0.717, 1.165) is 6.42 Å². The average Bonchev–Trinajstić information content (AvgIpc) is 1.94. The Hall–Kier alpha value is 1.46. The summed E-state index contributed by atoms with van der Waals surface area (Å²) in [6.07, 6.45) is 4.68. The lowest BCUT2D eigenvalue weighted by molar-refractivity contribution is 0.283. The van der Waals surface area contributed by atoms with Crippen LogP contribution in [-0.4, -0.2) is 29.5 Å². The lowest BCUT2D eigenvalue weighted by Gasteiger charge is -1.90. The molecule has 0 aromatic carbocycles. The van der Waals surface area contributed by atoms with Crippen LogP contribution in [0, 0.1) is 0 Å². The monoisotopic (exact) mass is 253 g/mol. The highest BCUT2D eigenvalue weighted by Crippen LogP contribution is 1.95. The van der Waals surface area contributed by atoms with Crippen LogP contribution in [0.2, 0.25) is 0 Å². The van der Waals surface area contributed by atoms with Crippen molar-refractivity contribution >= 4 is 36.7 Å². The molecule has 0 rings (SSSR count). The van der Waals surface area contributed by atoms with Gasteiger partial charge in [-0.05, 0) is 6.42 Å². The molecule has 7 radical (unpaired) electrons. The van der Waals surface area contributed by atoms with E-state index >= 15 is 0 Å². The maximum Gasteiger partial charge on any atom is 1.49 e. The van der Waals surface area contributed by atoms with Gasteiger partial charge in [0.15, 0.2) is 0 Å². The van der Waals surface area contributed by atoms with E-state index in [2.05, 4.69) is 25.8 Å². The highest BCUT2D eigenvalue weighted by atomic mass is 127. The predicted octanol–water partition coefficient (Wildman–Crippen LogP) is 2.06. The molecule has 0 aliphatic rings. The van der Waals surface area contributed by atoms with Crippen molar-refractivity contribution in [2.75, 3.05) is 6.61 Å². The van der Waals surface area contributed by atoms with Crippen LogP contribution in [-0.2, 0) is 0 Å². The Kier molecular flexibility index (Phi) is 23.6. The van der Waals surface area contributed by atoms with E-state index in [1.54, 1.807) is 0 Å². The van der Waals surface area contributed by atoms with Gasteiger partial charge in [0.05, 0.1) is 0 Å². The number of aliphatic hydroxyl groups is 1. The number of unbranched alkanes of at least 4 members (excludes halogenated alkanes) is 3. The lowest BCUT2D eigenvalue weighted by atomic mass is 10.2. The minimum absolute atomic E-state index is 0.361. The number of hydrogen-bond donors (Lipinski definition) is 1. The minimum atomic E-state index is 0.361. The second kappa shape index (κ2) is 16.2. The predicted molar refractivity (Wildman–Crippen MR) is 51.0 cm³/mol. The first-order valence-corrected chi connectivity index (χ1v) is 8.40. The first-order valence-electron chi connectivity index (χ1n) is 3.29. The van der Waals surface area contributed by atoms with Crippen molar-refractivity contribution in [3.05, 3.63) is 0 Å². The lowest BCUT2D eigenvalue weighted by Crippen LogP contribution is -1.80. The molecule has 0 aliphatic carbocycles. The van der Waals surface area contributed by atoms with Crippen molar-refractivity contribution in [3.63, 3.8) is 0 Å². The second-order valence-corrected chi connectivity index (χ2v) is 1.78. The molecule has 1 N–H and O–H groups in total. The molecule has 0 aromatic heterocycles. The Balaban J connectivity index is 0. The molecule has 0 unspecified atom stereocenters. The van der Waals surface area contributed by atoms with Crippen LogP contribution in [0.5, 0.6) is 0 Å². The van der Waals surface area contributed by atoms with Crippen molar-refractivity contribution < 1.29 is 5.11 Å². The van der Waals surface area contributed by atoms with E-state index in [-0.39, 0.29) is 0 Å². The standard InChI is InChI=1S/C6H14O.HI.Mg/c1-2-3-4-5-6-7;;/h7H,2-6H2,1H3;1H;/q;;+3/p-1. The van der Waals surface area contributed by atoms with Crippen LogP contribution in [0.25, 0.3) is 0 Å². The van der Waals surface area contributed by atoms with Crippen molar-refractivity contribution in [2.24, 2.45) is 0 Å². The van der Waals surface area contributed by atoms with Crippen molar-refractivity contribution in [2.45, 2.75) is 32.6 Å². The van der Waals surface area contributed by atoms with Crippen LogP contribution >= 0.6 is 18.9 Å². The molecule has 0 aromatic rings. The molecular formula is C6H14IMgO+2. The highest BCUT2D eigenvalue weighted by molar-refractivity contribution is 14.1. The molecule has 0 aliphatic heterocycles. The van der Waals surface area contributed by atoms with Gasteiger partial charge in [0.2, 0.25) is 0 Å². The molecule has 0 saturated heterocycles. The normalized spacial score (nSPS) is 8.00. The zero-order chi connectivity index (χ0) is 7.54. The van der Waals surface area contributed by atoms with Crippen LogP contribution in [0.1, 0.15) is 32.6 Å². The van der Waals surface area contributed by atoms with E-state index < -0.39 is 0 Å². The number of rotatable bonds is 4. The van der Waals surface area contributed by atoms with Crippen molar-refractivity contribution in [1.29, 1.82) is 0 Å². The summed E-state index contributed by atoms with van der Waals surface area (Å²) in [5, 5.41) is 8.29. The fraction of sp³-hybridized carbons (Fsp3) is 1.00. The molecule has 0 heterocycles. The molecule has 0 fully saturated rings. The zero-order valence-corrected chi connectivity index (χ0v) is 9.64. The van der Waals surface area contributed by atoms with Gasteiger partial charge >= 0.3 is 36.7 Å². The smallest absolute Gasteiger partial charge is 0.396 e. The quantitative estimate of drug-likeness (QED) is 0.462. The van der Waals surface area contributed by atoms with E-state index in [9.17, 15) is 0 Å². The Labute approximate surface area is 80.4 Å². The zero-order valence-electron chi connectivity index (χ0n) is 6.07.